The maximum absolute atomic E-state index is 11.4. The molecular formula is C14H24N2O2. The number of hydrogen-bond donors (Lipinski definition) is 1. The minimum absolute atomic E-state index is 0.0946. The Morgan fingerprint density at radius 1 is 1.28 bits per heavy atom. The number of pyridine rings is 1. The van der Waals surface area contributed by atoms with Gasteiger partial charge in [-0.25, -0.2) is 0 Å². The van der Waals surface area contributed by atoms with Crippen molar-refractivity contribution in [3.63, 3.8) is 0 Å². The maximum Gasteiger partial charge on any atom is 0.223 e. The topological polar surface area (TPSA) is 45.5 Å². The second-order valence-corrected chi connectivity index (χ2v) is 4.40. The fraction of sp³-hybridized carbons (Fsp3) is 0.643. The van der Waals surface area contributed by atoms with Crippen LogP contribution >= 0.6 is 0 Å². The molecule has 0 spiro atoms. The van der Waals surface area contributed by atoms with Crippen molar-refractivity contribution < 1.29 is 5.11 Å². The van der Waals surface area contributed by atoms with Crippen LogP contribution in [0, 0.1) is 0 Å². The van der Waals surface area contributed by atoms with Gasteiger partial charge in [0.05, 0.1) is 5.69 Å². The van der Waals surface area contributed by atoms with E-state index in [9.17, 15) is 9.90 Å². The lowest BCUT2D eigenvalue weighted by Gasteiger charge is -2.19. The molecule has 0 radical (unpaired) electrons. The molecule has 0 saturated carbocycles. The second kappa shape index (κ2) is 7.21. The van der Waals surface area contributed by atoms with E-state index in [-0.39, 0.29) is 11.2 Å². The third kappa shape index (κ3) is 3.60. The number of aromatic nitrogens is 1. The van der Waals surface area contributed by atoms with Crippen LogP contribution in [-0.2, 0) is 13.0 Å². The quantitative estimate of drug-likeness (QED) is 0.805. The Balaban J connectivity index is 2.68. The van der Waals surface area contributed by atoms with Gasteiger partial charge in [-0.05, 0) is 32.5 Å². The van der Waals surface area contributed by atoms with Crippen LogP contribution in [0.5, 0.6) is 5.75 Å². The molecule has 1 rings (SSSR count). The van der Waals surface area contributed by atoms with Crippen LogP contribution in [0.25, 0.3) is 0 Å². The van der Waals surface area contributed by atoms with Crippen LogP contribution in [0.1, 0.15) is 32.9 Å². The van der Waals surface area contributed by atoms with Crippen molar-refractivity contribution in [2.75, 3.05) is 19.6 Å². The lowest BCUT2D eigenvalue weighted by Crippen LogP contribution is -2.25. The third-order valence-electron chi connectivity index (χ3n) is 3.36. The zero-order chi connectivity index (χ0) is 13.5. The van der Waals surface area contributed by atoms with Crippen molar-refractivity contribution in [1.82, 2.24) is 9.47 Å². The molecule has 0 fully saturated rings. The van der Waals surface area contributed by atoms with Crippen LogP contribution in [-0.4, -0.2) is 34.2 Å². The number of rotatable bonds is 7. The highest BCUT2D eigenvalue weighted by Crippen LogP contribution is 2.12. The second-order valence-electron chi connectivity index (χ2n) is 4.40. The summed E-state index contributed by atoms with van der Waals surface area (Å²) in [4.78, 5) is 13.7. The molecule has 4 nitrogen and oxygen atoms in total. The minimum atomic E-state index is -0.285. The van der Waals surface area contributed by atoms with Gasteiger partial charge in [0.25, 0.3) is 0 Å². The summed E-state index contributed by atoms with van der Waals surface area (Å²) in [5.74, 6) is -0.0946. The van der Waals surface area contributed by atoms with Crippen molar-refractivity contribution in [2.24, 2.45) is 0 Å². The van der Waals surface area contributed by atoms with Gasteiger partial charge >= 0.3 is 0 Å². The molecule has 0 aliphatic rings. The molecule has 0 bridgehead atoms. The minimum Gasteiger partial charge on any atom is -0.503 e. The van der Waals surface area contributed by atoms with Gasteiger partial charge in [-0.1, -0.05) is 20.8 Å². The monoisotopic (exact) mass is 252 g/mol. The highest BCUT2D eigenvalue weighted by molar-refractivity contribution is 5.26. The summed E-state index contributed by atoms with van der Waals surface area (Å²) < 4.78 is 1.99. The van der Waals surface area contributed by atoms with Gasteiger partial charge in [-0.2, -0.15) is 0 Å². The average molecular weight is 252 g/mol. The van der Waals surface area contributed by atoms with E-state index in [0.29, 0.717) is 6.42 Å². The van der Waals surface area contributed by atoms with Gasteiger partial charge in [-0.3, -0.25) is 4.79 Å². The van der Waals surface area contributed by atoms with Crippen molar-refractivity contribution in [3.05, 3.63) is 28.2 Å². The lowest BCUT2D eigenvalue weighted by atomic mass is 10.2. The molecular weight excluding hydrogens is 228 g/mol. The van der Waals surface area contributed by atoms with Gasteiger partial charge in [0.1, 0.15) is 0 Å². The molecule has 4 heteroatoms. The Labute approximate surface area is 109 Å². The molecule has 1 N–H and O–H groups in total. The highest BCUT2D eigenvalue weighted by atomic mass is 16.3. The van der Waals surface area contributed by atoms with E-state index in [2.05, 4.69) is 18.7 Å². The largest absolute Gasteiger partial charge is 0.503 e. The van der Waals surface area contributed by atoms with E-state index in [0.717, 1.165) is 38.3 Å². The van der Waals surface area contributed by atoms with Gasteiger partial charge in [0.2, 0.25) is 5.43 Å². The van der Waals surface area contributed by atoms with Crippen LogP contribution in [0.2, 0.25) is 0 Å². The van der Waals surface area contributed by atoms with Gasteiger partial charge in [0.15, 0.2) is 5.75 Å². The van der Waals surface area contributed by atoms with Crippen molar-refractivity contribution in [1.29, 1.82) is 0 Å². The number of aryl methyl sites for hydroxylation is 1. The average Bonchev–Trinajstić information content (AvgIpc) is 2.39. The Morgan fingerprint density at radius 2 is 1.94 bits per heavy atom. The Kier molecular flexibility index (Phi) is 5.92. The van der Waals surface area contributed by atoms with Crippen molar-refractivity contribution in [2.45, 2.75) is 40.2 Å². The number of aromatic hydroxyl groups is 1. The predicted molar refractivity (Wildman–Crippen MR) is 74.1 cm³/mol. The van der Waals surface area contributed by atoms with Crippen LogP contribution in [0.3, 0.4) is 0 Å². The predicted octanol–water partition coefficient (Wildman–Crippen LogP) is 1.85. The molecule has 0 saturated heterocycles. The van der Waals surface area contributed by atoms with Crippen LogP contribution < -0.4 is 5.43 Å². The molecule has 102 valence electrons. The molecule has 1 aromatic heterocycles. The van der Waals surface area contributed by atoms with E-state index < -0.39 is 0 Å². The normalized spacial score (nSPS) is 11.1. The van der Waals surface area contributed by atoms with E-state index in [4.69, 9.17) is 0 Å². The van der Waals surface area contributed by atoms with E-state index in [1.165, 1.54) is 6.07 Å². The molecule has 0 unspecified atom stereocenters. The smallest absolute Gasteiger partial charge is 0.223 e. The zero-order valence-corrected chi connectivity index (χ0v) is 11.6. The summed E-state index contributed by atoms with van der Waals surface area (Å²) in [5, 5.41) is 9.74. The first-order valence-corrected chi connectivity index (χ1v) is 6.77. The van der Waals surface area contributed by atoms with Crippen LogP contribution in [0.4, 0.5) is 0 Å². The SMILES string of the molecule is CCc1c(O)c(=O)ccn1CCCN(CC)CC. The van der Waals surface area contributed by atoms with Crippen LogP contribution in [0.15, 0.2) is 17.1 Å². The summed E-state index contributed by atoms with van der Waals surface area (Å²) >= 11 is 0. The first kappa shape index (κ1) is 14.8. The standard InChI is InChI=1S/C14H24N2O2/c1-4-12-14(18)13(17)8-11-16(12)10-7-9-15(5-2)6-3/h8,11,18H,4-7,9-10H2,1-3H3. The summed E-state index contributed by atoms with van der Waals surface area (Å²) in [5.41, 5.74) is 0.453. The molecule has 18 heavy (non-hydrogen) atoms. The lowest BCUT2D eigenvalue weighted by molar-refractivity contribution is 0.292. The summed E-state index contributed by atoms with van der Waals surface area (Å²) in [6.07, 6.45) is 3.48. The molecule has 1 aromatic rings. The fourth-order valence-corrected chi connectivity index (χ4v) is 2.19. The summed E-state index contributed by atoms with van der Waals surface area (Å²) in [6, 6.07) is 1.44. The highest BCUT2D eigenvalue weighted by Gasteiger charge is 2.08. The first-order chi connectivity index (χ1) is 8.63. The van der Waals surface area contributed by atoms with E-state index in [1.807, 2.05) is 11.5 Å². The van der Waals surface area contributed by atoms with E-state index >= 15 is 0 Å². The Hall–Kier alpha value is -1.29. The fourth-order valence-electron chi connectivity index (χ4n) is 2.19. The molecule has 0 aliphatic heterocycles. The Bertz CT molecular complexity index is 422. The summed E-state index contributed by atoms with van der Waals surface area (Å²) in [7, 11) is 0. The summed E-state index contributed by atoms with van der Waals surface area (Å²) in [6.45, 7) is 10.3. The molecule has 0 aliphatic carbocycles. The zero-order valence-electron chi connectivity index (χ0n) is 11.6. The Morgan fingerprint density at radius 3 is 2.50 bits per heavy atom. The van der Waals surface area contributed by atoms with Gasteiger partial charge in [0, 0.05) is 18.8 Å². The molecule has 0 amide bonds. The van der Waals surface area contributed by atoms with Gasteiger partial charge < -0.3 is 14.6 Å². The van der Waals surface area contributed by atoms with Gasteiger partial charge in [-0.15, -0.1) is 0 Å². The van der Waals surface area contributed by atoms with Crippen molar-refractivity contribution >= 4 is 0 Å². The van der Waals surface area contributed by atoms with E-state index in [1.54, 1.807) is 6.20 Å². The molecule has 1 heterocycles. The third-order valence-corrected chi connectivity index (χ3v) is 3.36. The molecule has 0 atom stereocenters. The first-order valence-electron chi connectivity index (χ1n) is 6.77. The maximum atomic E-state index is 11.4. The molecule has 0 aromatic carbocycles. The number of nitrogens with zero attached hydrogens (tertiary/aromatic N) is 2. The number of hydrogen-bond acceptors (Lipinski definition) is 3. The van der Waals surface area contributed by atoms with Crippen molar-refractivity contribution in [3.8, 4) is 5.75 Å².